The van der Waals surface area contributed by atoms with Gasteiger partial charge in [-0.1, -0.05) is 18.2 Å². The number of carbonyl (C=O) groups excluding carboxylic acids is 1. The Labute approximate surface area is 85.9 Å². The SMILES string of the molecule is NC(=O)Cc1nnc(-c2ccccc2)o1. The number of carbonyl (C=O) groups is 1. The van der Waals surface area contributed by atoms with Gasteiger partial charge >= 0.3 is 0 Å². The van der Waals surface area contributed by atoms with Crippen LogP contribution in [0.3, 0.4) is 0 Å². The summed E-state index contributed by atoms with van der Waals surface area (Å²) in [6, 6.07) is 9.33. The van der Waals surface area contributed by atoms with Crippen molar-refractivity contribution in [2.24, 2.45) is 5.73 Å². The molecule has 2 rings (SSSR count). The normalized spacial score (nSPS) is 10.1. The van der Waals surface area contributed by atoms with Gasteiger partial charge in [0.25, 0.3) is 0 Å². The first kappa shape index (κ1) is 9.39. The van der Waals surface area contributed by atoms with Gasteiger partial charge in [0, 0.05) is 5.56 Å². The highest BCUT2D eigenvalue weighted by Crippen LogP contribution is 2.16. The van der Waals surface area contributed by atoms with E-state index in [0.29, 0.717) is 5.89 Å². The van der Waals surface area contributed by atoms with Gasteiger partial charge in [0.2, 0.25) is 17.7 Å². The van der Waals surface area contributed by atoms with E-state index in [-0.39, 0.29) is 12.3 Å². The Balaban J connectivity index is 2.24. The number of rotatable bonds is 3. The van der Waals surface area contributed by atoms with Crippen molar-refractivity contribution in [2.75, 3.05) is 0 Å². The van der Waals surface area contributed by atoms with E-state index >= 15 is 0 Å². The minimum absolute atomic E-state index is 0.0279. The maximum Gasteiger partial charge on any atom is 0.247 e. The maximum atomic E-state index is 10.6. The molecule has 1 heterocycles. The van der Waals surface area contributed by atoms with Gasteiger partial charge in [-0.2, -0.15) is 0 Å². The van der Waals surface area contributed by atoms with Gasteiger partial charge < -0.3 is 10.2 Å². The number of benzene rings is 1. The second-order valence-corrected chi connectivity index (χ2v) is 3.01. The molecule has 0 saturated heterocycles. The summed E-state index contributed by atoms with van der Waals surface area (Å²) in [6.07, 6.45) is -0.0279. The molecule has 0 radical (unpaired) electrons. The average molecular weight is 203 g/mol. The molecule has 5 heteroatoms. The highest BCUT2D eigenvalue weighted by atomic mass is 16.4. The van der Waals surface area contributed by atoms with Crippen LogP contribution in [0, 0.1) is 0 Å². The zero-order valence-corrected chi connectivity index (χ0v) is 7.88. The lowest BCUT2D eigenvalue weighted by molar-refractivity contribution is -0.117. The van der Waals surface area contributed by atoms with Crippen molar-refractivity contribution >= 4 is 5.91 Å². The van der Waals surface area contributed by atoms with E-state index in [1.807, 2.05) is 30.3 Å². The lowest BCUT2D eigenvalue weighted by atomic mass is 10.2. The summed E-state index contributed by atoms with van der Waals surface area (Å²) in [6.45, 7) is 0. The van der Waals surface area contributed by atoms with Crippen molar-refractivity contribution in [3.63, 3.8) is 0 Å². The van der Waals surface area contributed by atoms with E-state index in [2.05, 4.69) is 10.2 Å². The Hall–Kier alpha value is -2.17. The van der Waals surface area contributed by atoms with E-state index in [9.17, 15) is 4.79 Å². The fourth-order valence-corrected chi connectivity index (χ4v) is 1.17. The Morgan fingerprint density at radius 3 is 2.67 bits per heavy atom. The first-order chi connectivity index (χ1) is 7.25. The van der Waals surface area contributed by atoms with Crippen molar-refractivity contribution < 1.29 is 9.21 Å². The first-order valence-corrected chi connectivity index (χ1v) is 4.42. The summed E-state index contributed by atoms with van der Waals surface area (Å²) < 4.78 is 5.26. The Kier molecular flexibility index (Phi) is 2.45. The van der Waals surface area contributed by atoms with Crippen molar-refractivity contribution in [1.82, 2.24) is 10.2 Å². The number of nitrogens with two attached hydrogens (primary N) is 1. The Morgan fingerprint density at radius 2 is 2.00 bits per heavy atom. The quantitative estimate of drug-likeness (QED) is 0.798. The number of aromatic nitrogens is 2. The predicted molar refractivity (Wildman–Crippen MR) is 52.6 cm³/mol. The third-order valence-electron chi connectivity index (χ3n) is 1.81. The third-order valence-corrected chi connectivity index (χ3v) is 1.81. The number of hydrogen-bond acceptors (Lipinski definition) is 4. The average Bonchev–Trinajstić information content (AvgIpc) is 2.67. The van der Waals surface area contributed by atoms with Crippen LogP contribution in [0.5, 0.6) is 0 Å². The summed E-state index contributed by atoms with van der Waals surface area (Å²) in [4.78, 5) is 10.6. The molecule has 0 spiro atoms. The fourth-order valence-electron chi connectivity index (χ4n) is 1.17. The molecule has 1 amide bonds. The van der Waals surface area contributed by atoms with Crippen LogP contribution in [0.2, 0.25) is 0 Å². The number of primary amides is 1. The molecule has 0 unspecified atom stereocenters. The summed E-state index contributed by atoms with van der Waals surface area (Å²) in [5.41, 5.74) is 5.83. The second-order valence-electron chi connectivity index (χ2n) is 3.01. The van der Waals surface area contributed by atoms with Crippen LogP contribution in [0.15, 0.2) is 34.7 Å². The molecule has 0 atom stereocenters. The summed E-state index contributed by atoms with van der Waals surface area (Å²) in [5.74, 6) is 0.145. The molecule has 1 aromatic heterocycles. The predicted octanol–water partition coefficient (Wildman–Crippen LogP) is 0.764. The largest absolute Gasteiger partial charge is 0.420 e. The van der Waals surface area contributed by atoms with Crippen LogP contribution in [0.25, 0.3) is 11.5 Å². The van der Waals surface area contributed by atoms with Crippen molar-refractivity contribution in [3.05, 3.63) is 36.2 Å². The zero-order valence-electron chi connectivity index (χ0n) is 7.88. The topological polar surface area (TPSA) is 82.0 Å². The van der Waals surface area contributed by atoms with Gasteiger partial charge in [0.15, 0.2) is 0 Å². The van der Waals surface area contributed by atoms with Gasteiger partial charge in [-0.25, -0.2) is 0 Å². The van der Waals surface area contributed by atoms with E-state index in [1.54, 1.807) is 0 Å². The minimum atomic E-state index is -0.488. The molecule has 0 aliphatic heterocycles. The van der Waals surface area contributed by atoms with Crippen LogP contribution in [0.4, 0.5) is 0 Å². The molecule has 0 aliphatic rings. The van der Waals surface area contributed by atoms with Crippen molar-refractivity contribution in [2.45, 2.75) is 6.42 Å². The van der Waals surface area contributed by atoms with Crippen molar-refractivity contribution in [1.29, 1.82) is 0 Å². The Bertz CT molecular complexity index is 465. The molecule has 0 bridgehead atoms. The van der Waals surface area contributed by atoms with Crippen LogP contribution in [0.1, 0.15) is 5.89 Å². The van der Waals surface area contributed by atoms with Gasteiger partial charge in [-0.15, -0.1) is 10.2 Å². The molecule has 0 fully saturated rings. The van der Waals surface area contributed by atoms with Crippen LogP contribution in [-0.4, -0.2) is 16.1 Å². The van der Waals surface area contributed by atoms with Gasteiger partial charge in [0.05, 0.1) is 0 Å². The molecule has 0 saturated carbocycles. The second kappa shape index (κ2) is 3.91. The molecular formula is C10H9N3O2. The van der Waals surface area contributed by atoms with Crippen molar-refractivity contribution in [3.8, 4) is 11.5 Å². The van der Waals surface area contributed by atoms with Gasteiger partial charge in [0.1, 0.15) is 6.42 Å². The van der Waals surface area contributed by atoms with Gasteiger partial charge in [-0.05, 0) is 12.1 Å². The lowest BCUT2D eigenvalue weighted by Gasteiger charge is -1.91. The van der Waals surface area contributed by atoms with E-state index in [1.165, 1.54) is 0 Å². The molecule has 1 aromatic carbocycles. The Morgan fingerprint density at radius 1 is 1.27 bits per heavy atom. The zero-order chi connectivity index (χ0) is 10.7. The van der Waals surface area contributed by atoms with E-state index < -0.39 is 5.91 Å². The third kappa shape index (κ3) is 2.19. The van der Waals surface area contributed by atoms with Crippen LogP contribution in [-0.2, 0) is 11.2 Å². The molecule has 0 aliphatic carbocycles. The number of hydrogen-bond donors (Lipinski definition) is 1. The number of nitrogens with zero attached hydrogens (tertiary/aromatic N) is 2. The maximum absolute atomic E-state index is 10.6. The van der Waals surface area contributed by atoms with Crippen LogP contribution >= 0.6 is 0 Å². The molecule has 5 nitrogen and oxygen atoms in total. The molecule has 2 aromatic rings. The summed E-state index contributed by atoms with van der Waals surface area (Å²) in [7, 11) is 0. The molecular weight excluding hydrogens is 194 g/mol. The standard InChI is InChI=1S/C10H9N3O2/c11-8(14)6-9-12-13-10(15-9)7-4-2-1-3-5-7/h1-5H,6H2,(H2,11,14). The molecule has 76 valence electrons. The van der Waals surface area contributed by atoms with Gasteiger partial charge in [-0.3, -0.25) is 4.79 Å². The minimum Gasteiger partial charge on any atom is -0.420 e. The number of amides is 1. The molecule has 15 heavy (non-hydrogen) atoms. The highest BCUT2D eigenvalue weighted by Gasteiger charge is 2.09. The van der Waals surface area contributed by atoms with E-state index in [4.69, 9.17) is 10.2 Å². The van der Waals surface area contributed by atoms with Crippen LogP contribution < -0.4 is 5.73 Å². The van der Waals surface area contributed by atoms with E-state index in [0.717, 1.165) is 5.56 Å². The summed E-state index contributed by atoms with van der Waals surface area (Å²) in [5, 5.41) is 7.53. The summed E-state index contributed by atoms with van der Waals surface area (Å²) >= 11 is 0. The first-order valence-electron chi connectivity index (χ1n) is 4.42. The molecule has 2 N–H and O–H groups in total. The fraction of sp³-hybridized carbons (Fsp3) is 0.100. The lowest BCUT2D eigenvalue weighted by Crippen LogP contribution is -2.13. The monoisotopic (exact) mass is 203 g/mol. The highest BCUT2D eigenvalue weighted by molar-refractivity contribution is 5.75. The smallest absolute Gasteiger partial charge is 0.247 e.